The molecule has 0 heterocycles. The molecule has 1 aromatic rings. The number of carbonyl (C=O) groups is 1. The molecule has 0 atom stereocenters. The number of carbonyl (C=O) groups excluding carboxylic acids is 1. The van der Waals surface area contributed by atoms with Gasteiger partial charge in [-0.05, 0) is 19.4 Å². The van der Waals surface area contributed by atoms with Crippen LogP contribution in [0.1, 0.15) is 25.0 Å². The van der Waals surface area contributed by atoms with Crippen molar-refractivity contribution in [1.82, 2.24) is 5.32 Å². The molecule has 5 heteroatoms. The van der Waals surface area contributed by atoms with Gasteiger partial charge in [0, 0.05) is 19.2 Å². The van der Waals surface area contributed by atoms with Gasteiger partial charge in [-0.1, -0.05) is 36.5 Å². The molecule has 4 nitrogen and oxygen atoms in total. The number of hydrogen-bond donors (Lipinski definition) is 2. The van der Waals surface area contributed by atoms with Crippen LogP contribution < -0.4 is 11.1 Å². The van der Waals surface area contributed by atoms with Gasteiger partial charge in [0.05, 0.1) is 12.0 Å². The molecule has 0 fully saturated rings. The molecular formula is C14H20N2O2S. The first kappa shape index (κ1) is 15.6. The van der Waals surface area contributed by atoms with Crippen LogP contribution in [0.4, 0.5) is 0 Å². The van der Waals surface area contributed by atoms with Crippen LogP contribution in [0, 0.1) is 0 Å². The number of nitrogens with two attached hydrogens (primary N) is 1. The van der Waals surface area contributed by atoms with Crippen molar-refractivity contribution in [3.63, 3.8) is 0 Å². The van der Waals surface area contributed by atoms with Gasteiger partial charge < -0.3 is 15.8 Å². The summed E-state index contributed by atoms with van der Waals surface area (Å²) in [7, 11) is 1.63. The fourth-order valence-electron chi connectivity index (χ4n) is 1.42. The minimum atomic E-state index is -0.356. The summed E-state index contributed by atoms with van der Waals surface area (Å²) in [4.78, 5) is 12.1. The van der Waals surface area contributed by atoms with E-state index in [2.05, 4.69) is 5.32 Å². The summed E-state index contributed by atoms with van der Waals surface area (Å²) in [6.45, 7) is 4.32. The summed E-state index contributed by atoms with van der Waals surface area (Å²) in [5, 5.41) is 2.85. The third-order valence-corrected chi connectivity index (χ3v) is 3.10. The van der Waals surface area contributed by atoms with Gasteiger partial charge in [-0.25, -0.2) is 0 Å². The van der Waals surface area contributed by atoms with Crippen molar-refractivity contribution in [2.45, 2.75) is 25.9 Å². The summed E-state index contributed by atoms with van der Waals surface area (Å²) in [5.74, 6) is -0.0341. The molecule has 0 aliphatic carbocycles. The Labute approximate surface area is 119 Å². The van der Waals surface area contributed by atoms with Crippen LogP contribution in [0.2, 0.25) is 0 Å². The lowest BCUT2D eigenvalue weighted by molar-refractivity contribution is -0.121. The number of nitrogens with one attached hydrogen (secondary N) is 1. The smallest absolute Gasteiger partial charge is 0.224 e. The minimum absolute atomic E-state index is 0.0341. The molecule has 0 unspecified atom stereocenters. The second-order valence-corrected chi connectivity index (χ2v) is 5.42. The Balaban J connectivity index is 2.51. The van der Waals surface area contributed by atoms with Gasteiger partial charge in [-0.3, -0.25) is 4.79 Å². The number of benzene rings is 1. The Hall–Kier alpha value is -1.46. The van der Waals surface area contributed by atoms with E-state index in [-0.39, 0.29) is 11.5 Å². The zero-order valence-corrected chi connectivity index (χ0v) is 12.3. The topological polar surface area (TPSA) is 64.3 Å². The highest BCUT2D eigenvalue weighted by molar-refractivity contribution is 7.80. The van der Waals surface area contributed by atoms with Gasteiger partial charge in [-0.2, -0.15) is 0 Å². The van der Waals surface area contributed by atoms with Crippen molar-refractivity contribution in [3.8, 4) is 0 Å². The van der Waals surface area contributed by atoms with Gasteiger partial charge in [0.2, 0.25) is 5.91 Å². The third kappa shape index (κ3) is 5.36. The van der Waals surface area contributed by atoms with Crippen LogP contribution in [0.3, 0.4) is 0 Å². The van der Waals surface area contributed by atoms with Gasteiger partial charge in [0.25, 0.3) is 0 Å². The van der Waals surface area contributed by atoms with E-state index in [1.807, 2.05) is 38.1 Å². The summed E-state index contributed by atoms with van der Waals surface area (Å²) in [6.07, 6.45) is 0.331. The van der Waals surface area contributed by atoms with Crippen LogP contribution in [-0.2, 0) is 16.0 Å². The summed E-state index contributed by atoms with van der Waals surface area (Å²) < 4.78 is 5.24. The first-order chi connectivity index (χ1) is 8.84. The van der Waals surface area contributed by atoms with E-state index in [0.29, 0.717) is 18.0 Å². The van der Waals surface area contributed by atoms with Crippen LogP contribution >= 0.6 is 12.2 Å². The highest BCUT2D eigenvalue weighted by Gasteiger charge is 2.17. The van der Waals surface area contributed by atoms with Gasteiger partial charge in [0.1, 0.15) is 4.99 Å². The lowest BCUT2D eigenvalue weighted by Crippen LogP contribution is -2.40. The fraction of sp³-hybridized carbons (Fsp3) is 0.429. The van der Waals surface area contributed by atoms with E-state index in [1.54, 1.807) is 7.11 Å². The van der Waals surface area contributed by atoms with Gasteiger partial charge >= 0.3 is 0 Å². The minimum Gasteiger partial charge on any atom is -0.389 e. The molecule has 0 bridgehead atoms. The van der Waals surface area contributed by atoms with Crippen molar-refractivity contribution >= 4 is 23.1 Å². The van der Waals surface area contributed by atoms with E-state index in [4.69, 9.17) is 22.7 Å². The van der Waals surface area contributed by atoms with Gasteiger partial charge in [-0.15, -0.1) is 0 Å². The molecule has 1 rings (SSSR count). The Bertz CT molecular complexity index is 455. The van der Waals surface area contributed by atoms with Crippen LogP contribution in [0.25, 0.3) is 0 Å². The first-order valence-corrected chi connectivity index (χ1v) is 6.45. The molecule has 0 saturated carbocycles. The molecule has 1 aromatic carbocycles. The van der Waals surface area contributed by atoms with E-state index in [0.717, 1.165) is 11.1 Å². The van der Waals surface area contributed by atoms with E-state index in [9.17, 15) is 4.79 Å². The normalized spacial score (nSPS) is 11.1. The molecule has 1 amide bonds. The average Bonchev–Trinajstić information content (AvgIpc) is 2.37. The lowest BCUT2D eigenvalue weighted by Gasteiger charge is -2.23. The SMILES string of the molecule is COC(C)(C)CNC(=O)Cc1ccc(C(N)=S)cc1. The molecule has 0 radical (unpaired) electrons. The van der Waals surface area contributed by atoms with E-state index < -0.39 is 0 Å². The van der Waals surface area contributed by atoms with Crippen molar-refractivity contribution in [2.75, 3.05) is 13.7 Å². The first-order valence-electron chi connectivity index (χ1n) is 6.04. The molecule has 104 valence electrons. The molecule has 0 aliphatic rings. The number of amides is 1. The Morgan fingerprint density at radius 2 is 1.95 bits per heavy atom. The summed E-state index contributed by atoms with van der Waals surface area (Å²) >= 11 is 4.87. The number of methoxy groups -OCH3 is 1. The van der Waals surface area contributed by atoms with Crippen LogP contribution in [0.15, 0.2) is 24.3 Å². The number of hydrogen-bond acceptors (Lipinski definition) is 3. The number of thiocarbonyl (C=S) groups is 1. The Kier molecular flexibility index (Phi) is 5.44. The standard InChI is InChI=1S/C14H20N2O2S/c1-14(2,18-3)9-16-12(17)8-10-4-6-11(7-5-10)13(15)19/h4-7H,8-9H2,1-3H3,(H2,15,19)(H,16,17). The predicted octanol–water partition coefficient (Wildman–Crippen LogP) is 1.40. The number of ether oxygens (including phenoxy) is 1. The van der Waals surface area contributed by atoms with Crippen molar-refractivity contribution in [1.29, 1.82) is 0 Å². The molecule has 0 aliphatic heterocycles. The largest absolute Gasteiger partial charge is 0.389 e. The second-order valence-electron chi connectivity index (χ2n) is 4.98. The number of rotatable bonds is 6. The molecule has 19 heavy (non-hydrogen) atoms. The zero-order chi connectivity index (χ0) is 14.5. The van der Waals surface area contributed by atoms with Gasteiger partial charge in [0.15, 0.2) is 0 Å². The average molecular weight is 280 g/mol. The molecule has 0 spiro atoms. The Morgan fingerprint density at radius 3 is 2.42 bits per heavy atom. The molecular weight excluding hydrogens is 260 g/mol. The lowest BCUT2D eigenvalue weighted by atomic mass is 10.1. The molecule has 0 aromatic heterocycles. The second kappa shape index (κ2) is 6.63. The van der Waals surface area contributed by atoms with E-state index in [1.165, 1.54) is 0 Å². The Morgan fingerprint density at radius 1 is 1.37 bits per heavy atom. The van der Waals surface area contributed by atoms with E-state index >= 15 is 0 Å². The molecule has 0 saturated heterocycles. The maximum atomic E-state index is 11.8. The predicted molar refractivity (Wildman–Crippen MR) is 80.1 cm³/mol. The fourth-order valence-corrected chi connectivity index (χ4v) is 1.55. The highest BCUT2D eigenvalue weighted by Crippen LogP contribution is 2.07. The summed E-state index contributed by atoms with van der Waals surface area (Å²) in [5.41, 5.74) is 6.89. The monoisotopic (exact) mass is 280 g/mol. The molecule has 3 N–H and O–H groups in total. The van der Waals surface area contributed by atoms with Crippen LogP contribution in [0.5, 0.6) is 0 Å². The summed E-state index contributed by atoms with van der Waals surface area (Å²) in [6, 6.07) is 7.36. The third-order valence-electron chi connectivity index (χ3n) is 2.87. The van der Waals surface area contributed by atoms with Crippen molar-refractivity contribution in [2.24, 2.45) is 5.73 Å². The van der Waals surface area contributed by atoms with Crippen molar-refractivity contribution in [3.05, 3.63) is 35.4 Å². The van der Waals surface area contributed by atoms with Crippen molar-refractivity contribution < 1.29 is 9.53 Å². The maximum absolute atomic E-state index is 11.8. The highest BCUT2D eigenvalue weighted by atomic mass is 32.1. The van der Waals surface area contributed by atoms with Crippen LogP contribution in [-0.4, -0.2) is 30.2 Å². The maximum Gasteiger partial charge on any atom is 0.224 e. The zero-order valence-electron chi connectivity index (χ0n) is 11.5. The quantitative estimate of drug-likeness (QED) is 0.773.